The lowest BCUT2D eigenvalue weighted by atomic mass is 9.85. The fourth-order valence-corrected chi connectivity index (χ4v) is 2.72. The van der Waals surface area contributed by atoms with Crippen LogP contribution in [0.5, 0.6) is 17.4 Å². The van der Waals surface area contributed by atoms with Gasteiger partial charge < -0.3 is 15.2 Å². The van der Waals surface area contributed by atoms with E-state index in [4.69, 9.17) is 21.1 Å². The topological polar surface area (TPSA) is 104 Å². The lowest BCUT2D eigenvalue weighted by Crippen LogP contribution is -2.41. The predicted octanol–water partition coefficient (Wildman–Crippen LogP) is 2.61. The number of hydrogen-bond acceptors (Lipinski definition) is 5. The average molecular weight is 328 g/mol. The van der Waals surface area contributed by atoms with Gasteiger partial charge in [0.15, 0.2) is 0 Å². The van der Waals surface area contributed by atoms with E-state index in [2.05, 4.69) is 18.8 Å². The Bertz CT molecular complexity index is 787. The molecule has 0 spiro atoms. The number of carbonyl (C=O) groups is 1. The molecular weight excluding hydrogens is 308 g/mol. The largest absolute Gasteiger partial charge is 0.492 e. The van der Waals surface area contributed by atoms with Crippen LogP contribution in [-0.2, 0) is 5.41 Å². The van der Waals surface area contributed by atoms with Crippen LogP contribution in [0.2, 0.25) is 0 Å². The molecule has 0 aliphatic carbocycles. The molecule has 4 N–H and O–H groups in total. The van der Waals surface area contributed by atoms with Gasteiger partial charge in [-0.25, -0.2) is 20.6 Å². The number of fused-ring (bicyclic) bond motifs is 1. The number of nitrogens with zero attached hydrogens (tertiary/aromatic N) is 2. The fourth-order valence-electron chi connectivity index (χ4n) is 2.72. The second kappa shape index (κ2) is 5.68. The quantitative estimate of drug-likeness (QED) is 0.512. The van der Waals surface area contributed by atoms with Crippen molar-refractivity contribution in [3.05, 3.63) is 41.6 Å². The lowest BCUT2D eigenvalue weighted by molar-refractivity contribution is 0.254. The van der Waals surface area contributed by atoms with Gasteiger partial charge in [-0.05, 0) is 24.6 Å². The third kappa shape index (κ3) is 2.74. The van der Waals surface area contributed by atoms with E-state index >= 15 is 0 Å². The zero-order valence-electron chi connectivity index (χ0n) is 13.9. The number of ether oxygens (including phenoxy) is 2. The molecule has 1 aromatic heterocycles. The first-order valence-corrected chi connectivity index (χ1v) is 7.54. The van der Waals surface area contributed by atoms with Crippen LogP contribution in [0.3, 0.4) is 0 Å². The van der Waals surface area contributed by atoms with Crippen molar-refractivity contribution >= 4 is 11.7 Å². The average Bonchev–Trinajstić information content (AvgIpc) is 2.87. The minimum atomic E-state index is -0.763. The third-order valence-electron chi connectivity index (χ3n) is 4.02. The molecule has 2 aromatic rings. The first-order chi connectivity index (χ1) is 11.3. The number of benzene rings is 1. The van der Waals surface area contributed by atoms with Crippen LogP contribution >= 0.6 is 0 Å². The molecule has 0 saturated carbocycles. The smallest absolute Gasteiger partial charge is 0.333 e. The summed E-state index contributed by atoms with van der Waals surface area (Å²) >= 11 is 0. The number of rotatable bonds is 3. The van der Waals surface area contributed by atoms with Crippen LogP contribution in [-0.4, -0.2) is 17.6 Å². The number of hydrazine groups is 1. The Kier molecular flexibility index (Phi) is 3.81. The second-order valence-corrected chi connectivity index (χ2v) is 6.42. The van der Waals surface area contributed by atoms with Crippen molar-refractivity contribution in [1.82, 2.24) is 4.98 Å². The van der Waals surface area contributed by atoms with Gasteiger partial charge in [0.05, 0.1) is 18.5 Å². The van der Waals surface area contributed by atoms with Crippen LogP contribution in [0.4, 0.5) is 10.5 Å². The normalized spacial score (nSPS) is 14.7. The lowest BCUT2D eigenvalue weighted by Gasteiger charge is -2.19. The van der Waals surface area contributed by atoms with Crippen molar-refractivity contribution in [2.75, 3.05) is 11.6 Å². The summed E-state index contributed by atoms with van der Waals surface area (Å²) in [5.41, 5.74) is 7.47. The van der Waals surface area contributed by atoms with E-state index in [0.29, 0.717) is 23.9 Å². The first kappa shape index (κ1) is 16.1. The van der Waals surface area contributed by atoms with Gasteiger partial charge >= 0.3 is 6.03 Å². The number of aryl methyl sites for hydroxylation is 1. The van der Waals surface area contributed by atoms with Crippen molar-refractivity contribution < 1.29 is 14.3 Å². The monoisotopic (exact) mass is 328 g/mol. The van der Waals surface area contributed by atoms with Crippen LogP contribution < -0.4 is 26.1 Å². The predicted molar refractivity (Wildman–Crippen MR) is 90.3 cm³/mol. The summed E-state index contributed by atoms with van der Waals surface area (Å²) in [5, 5.41) is 0.817. The molecule has 1 aliphatic rings. The summed E-state index contributed by atoms with van der Waals surface area (Å²) in [6.45, 7) is 6.84. The molecule has 0 fully saturated rings. The zero-order valence-corrected chi connectivity index (χ0v) is 13.9. The maximum absolute atomic E-state index is 11.1. The number of hydrogen-bond donors (Lipinski definition) is 2. The highest BCUT2D eigenvalue weighted by molar-refractivity contribution is 5.89. The van der Waals surface area contributed by atoms with Gasteiger partial charge in [0.25, 0.3) is 0 Å². The Morgan fingerprint density at radius 2 is 2.08 bits per heavy atom. The van der Waals surface area contributed by atoms with Crippen molar-refractivity contribution in [2.45, 2.75) is 26.2 Å². The van der Waals surface area contributed by atoms with Gasteiger partial charge in [0.1, 0.15) is 11.5 Å². The first-order valence-electron chi connectivity index (χ1n) is 7.54. The molecule has 0 unspecified atom stereocenters. The molecule has 0 atom stereocenters. The van der Waals surface area contributed by atoms with E-state index in [-0.39, 0.29) is 5.41 Å². The minimum absolute atomic E-state index is 0.142. The van der Waals surface area contributed by atoms with Crippen LogP contribution in [0, 0.1) is 6.92 Å². The molecule has 1 aliphatic heterocycles. The Morgan fingerprint density at radius 3 is 2.71 bits per heavy atom. The summed E-state index contributed by atoms with van der Waals surface area (Å²) in [6.07, 6.45) is 1.43. The molecule has 0 bridgehead atoms. The number of amides is 2. The van der Waals surface area contributed by atoms with E-state index in [1.54, 1.807) is 12.1 Å². The number of carbonyl (C=O) groups excluding carboxylic acids is 1. The van der Waals surface area contributed by atoms with Gasteiger partial charge in [-0.1, -0.05) is 19.9 Å². The summed E-state index contributed by atoms with van der Waals surface area (Å²) < 4.78 is 11.8. The summed E-state index contributed by atoms with van der Waals surface area (Å²) in [7, 11) is 0. The van der Waals surface area contributed by atoms with Crippen LogP contribution in [0.15, 0.2) is 30.5 Å². The number of primary amides is 1. The number of aromatic nitrogens is 1. The van der Waals surface area contributed by atoms with E-state index in [0.717, 1.165) is 21.9 Å². The number of pyridine rings is 1. The number of nitrogens with two attached hydrogens (primary N) is 2. The molecular formula is C17H20N4O3. The Morgan fingerprint density at radius 1 is 1.33 bits per heavy atom. The van der Waals surface area contributed by atoms with E-state index < -0.39 is 6.03 Å². The van der Waals surface area contributed by atoms with E-state index in [9.17, 15) is 4.79 Å². The molecule has 2 heterocycles. The van der Waals surface area contributed by atoms with Gasteiger partial charge in [-0.3, -0.25) is 0 Å². The van der Waals surface area contributed by atoms with Gasteiger partial charge in [-0.2, -0.15) is 0 Å². The molecule has 126 valence electrons. The molecule has 24 heavy (non-hydrogen) atoms. The molecule has 3 rings (SSSR count). The van der Waals surface area contributed by atoms with Crippen molar-refractivity contribution in [1.29, 1.82) is 0 Å². The molecule has 2 amide bonds. The molecule has 1 aromatic carbocycles. The van der Waals surface area contributed by atoms with Crippen molar-refractivity contribution in [2.24, 2.45) is 11.6 Å². The van der Waals surface area contributed by atoms with Crippen LogP contribution in [0.1, 0.15) is 25.0 Å². The van der Waals surface area contributed by atoms with Gasteiger partial charge in [0, 0.05) is 17.0 Å². The highest BCUT2D eigenvalue weighted by Gasteiger charge is 2.36. The highest BCUT2D eigenvalue weighted by atomic mass is 16.5. The number of anilines is 1. The fraction of sp³-hybridized carbons (Fsp3) is 0.294. The summed E-state index contributed by atoms with van der Waals surface area (Å²) in [4.78, 5) is 15.2. The molecule has 0 saturated heterocycles. The van der Waals surface area contributed by atoms with Crippen molar-refractivity contribution in [3.63, 3.8) is 0 Å². The maximum atomic E-state index is 11.1. The maximum Gasteiger partial charge on any atom is 0.333 e. The highest BCUT2D eigenvalue weighted by Crippen LogP contribution is 2.46. The second-order valence-electron chi connectivity index (χ2n) is 6.42. The Balaban J connectivity index is 1.90. The van der Waals surface area contributed by atoms with Gasteiger partial charge in [-0.15, -0.1) is 0 Å². The Labute approximate surface area is 140 Å². The van der Waals surface area contributed by atoms with Crippen molar-refractivity contribution in [3.8, 4) is 17.4 Å². The zero-order chi connectivity index (χ0) is 17.5. The SMILES string of the molecule is Cc1ccc(Oc2ccc(N(N)C(N)=O)cn2)c2c1OCC2(C)C. The summed E-state index contributed by atoms with van der Waals surface area (Å²) in [5.74, 6) is 7.50. The van der Waals surface area contributed by atoms with Gasteiger partial charge in [0.2, 0.25) is 5.88 Å². The number of urea groups is 1. The van der Waals surface area contributed by atoms with E-state index in [1.807, 2.05) is 19.1 Å². The summed E-state index contributed by atoms with van der Waals surface area (Å²) in [6, 6.07) is 6.36. The minimum Gasteiger partial charge on any atom is -0.492 e. The molecule has 7 heteroatoms. The molecule has 7 nitrogen and oxygen atoms in total. The Hall–Kier alpha value is -2.80. The van der Waals surface area contributed by atoms with Crippen LogP contribution in [0.25, 0.3) is 0 Å². The standard InChI is InChI=1S/C17H20N4O3/c1-10-4-6-12(14-15(10)23-9-17(14,2)3)24-13-7-5-11(8-20-13)21(19)16(18)22/h4-8H,9,19H2,1-3H3,(H2,18,22). The third-order valence-corrected chi connectivity index (χ3v) is 4.02. The van der Waals surface area contributed by atoms with E-state index in [1.165, 1.54) is 6.20 Å². The molecule has 0 radical (unpaired) electrons.